The minimum atomic E-state index is -0.441. The normalized spacial score (nSPS) is 15.5. The lowest BCUT2D eigenvalue weighted by Gasteiger charge is -2.32. The van der Waals surface area contributed by atoms with E-state index in [2.05, 4.69) is 23.1 Å². The highest BCUT2D eigenvalue weighted by Crippen LogP contribution is 2.26. The maximum atomic E-state index is 12.4. The van der Waals surface area contributed by atoms with E-state index in [1.165, 1.54) is 43.5 Å². The Kier molecular flexibility index (Phi) is 8.16. The molecule has 0 aliphatic carbocycles. The van der Waals surface area contributed by atoms with Crippen LogP contribution in [0.3, 0.4) is 0 Å². The summed E-state index contributed by atoms with van der Waals surface area (Å²) in [6.45, 7) is 3.19. The lowest BCUT2D eigenvalue weighted by molar-refractivity contribution is 0.180. The van der Waals surface area contributed by atoms with Gasteiger partial charge in [-0.1, -0.05) is 30.3 Å². The molecular weight excluding hydrogens is 353 g/mol. The molecule has 3 rings (SSSR count). The zero-order chi connectivity index (χ0) is 19.6. The van der Waals surface area contributed by atoms with Crippen LogP contribution in [0, 0.1) is 5.92 Å². The predicted molar refractivity (Wildman–Crippen MR) is 112 cm³/mol. The van der Waals surface area contributed by atoms with Crippen molar-refractivity contribution in [2.24, 2.45) is 5.92 Å². The highest BCUT2D eigenvalue weighted by Gasteiger charge is 2.19. The SMILES string of the molecule is COc1ccc(CCN2CCC(CCc3ccccc3OCCF)CC2)cc1. The first kappa shape index (κ1) is 20.7. The molecule has 0 N–H and O–H groups in total. The van der Waals surface area contributed by atoms with Gasteiger partial charge in [0, 0.05) is 6.54 Å². The van der Waals surface area contributed by atoms with Crippen LogP contribution in [0.1, 0.15) is 30.4 Å². The van der Waals surface area contributed by atoms with E-state index < -0.39 is 6.67 Å². The average molecular weight is 386 g/mol. The number of nitrogens with zero attached hydrogens (tertiary/aromatic N) is 1. The number of piperidine rings is 1. The van der Waals surface area contributed by atoms with Crippen LogP contribution >= 0.6 is 0 Å². The third-order valence-electron chi connectivity index (χ3n) is 5.71. The number of aryl methyl sites for hydroxylation is 1. The van der Waals surface area contributed by atoms with Crippen molar-refractivity contribution < 1.29 is 13.9 Å². The minimum absolute atomic E-state index is 0.142. The Hall–Kier alpha value is -2.07. The van der Waals surface area contributed by atoms with E-state index in [0.29, 0.717) is 0 Å². The van der Waals surface area contributed by atoms with E-state index in [1.807, 2.05) is 30.3 Å². The van der Waals surface area contributed by atoms with Crippen molar-refractivity contribution in [1.82, 2.24) is 4.90 Å². The fraction of sp³-hybridized carbons (Fsp3) is 0.500. The lowest BCUT2D eigenvalue weighted by Crippen LogP contribution is -2.35. The predicted octanol–water partition coefficient (Wildman–Crippen LogP) is 4.93. The van der Waals surface area contributed by atoms with Gasteiger partial charge in [0.2, 0.25) is 0 Å². The Balaban J connectivity index is 1.38. The molecule has 1 fully saturated rings. The van der Waals surface area contributed by atoms with Crippen molar-refractivity contribution in [2.45, 2.75) is 32.1 Å². The van der Waals surface area contributed by atoms with Gasteiger partial charge < -0.3 is 14.4 Å². The summed E-state index contributed by atoms with van der Waals surface area (Å²) in [5.41, 5.74) is 2.57. The van der Waals surface area contributed by atoms with Crippen molar-refractivity contribution in [2.75, 3.05) is 40.0 Å². The summed E-state index contributed by atoms with van der Waals surface area (Å²) in [6, 6.07) is 16.5. The third kappa shape index (κ3) is 6.23. The minimum Gasteiger partial charge on any atom is -0.497 e. The molecule has 1 aliphatic rings. The van der Waals surface area contributed by atoms with E-state index in [0.717, 1.165) is 36.8 Å². The van der Waals surface area contributed by atoms with Crippen molar-refractivity contribution in [3.63, 3.8) is 0 Å². The van der Waals surface area contributed by atoms with Gasteiger partial charge in [-0.3, -0.25) is 0 Å². The van der Waals surface area contributed by atoms with E-state index in [-0.39, 0.29) is 6.61 Å². The number of ether oxygens (including phenoxy) is 2. The van der Waals surface area contributed by atoms with E-state index in [9.17, 15) is 4.39 Å². The van der Waals surface area contributed by atoms with Gasteiger partial charge in [-0.2, -0.15) is 0 Å². The molecule has 0 aromatic heterocycles. The second kappa shape index (κ2) is 11.1. The van der Waals surface area contributed by atoms with Gasteiger partial charge in [0.05, 0.1) is 7.11 Å². The van der Waals surface area contributed by atoms with E-state index >= 15 is 0 Å². The van der Waals surface area contributed by atoms with Crippen LogP contribution in [0.5, 0.6) is 11.5 Å². The molecule has 2 aromatic carbocycles. The monoisotopic (exact) mass is 385 g/mol. The van der Waals surface area contributed by atoms with Gasteiger partial charge in [0.1, 0.15) is 24.8 Å². The van der Waals surface area contributed by atoms with Crippen LogP contribution in [0.4, 0.5) is 4.39 Å². The maximum Gasteiger partial charge on any atom is 0.123 e. The number of alkyl halides is 1. The molecule has 0 atom stereocenters. The number of likely N-dealkylation sites (tertiary alicyclic amines) is 1. The molecule has 0 saturated carbocycles. The number of benzene rings is 2. The third-order valence-corrected chi connectivity index (χ3v) is 5.71. The Labute approximate surface area is 168 Å². The van der Waals surface area contributed by atoms with E-state index in [1.54, 1.807) is 7.11 Å². The first-order chi connectivity index (χ1) is 13.8. The first-order valence-electron chi connectivity index (χ1n) is 10.4. The summed E-state index contributed by atoms with van der Waals surface area (Å²) in [7, 11) is 1.70. The smallest absolute Gasteiger partial charge is 0.123 e. The number of rotatable bonds is 10. The molecule has 1 saturated heterocycles. The Morgan fingerprint density at radius 3 is 2.46 bits per heavy atom. The van der Waals surface area contributed by atoms with Crippen molar-refractivity contribution in [3.05, 3.63) is 59.7 Å². The maximum absolute atomic E-state index is 12.4. The fourth-order valence-corrected chi connectivity index (χ4v) is 3.94. The van der Waals surface area contributed by atoms with Crippen LogP contribution in [-0.2, 0) is 12.8 Å². The number of methoxy groups -OCH3 is 1. The first-order valence-corrected chi connectivity index (χ1v) is 10.4. The molecule has 0 spiro atoms. The van der Waals surface area contributed by atoms with Crippen LogP contribution in [0.2, 0.25) is 0 Å². The summed E-state index contributed by atoms with van der Waals surface area (Å²) < 4.78 is 23.2. The van der Waals surface area contributed by atoms with Crippen LogP contribution in [0.15, 0.2) is 48.5 Å². The summed E-state index contributed by atoms with van der Waals surface area (Å²) in [4.78, 5) is 2.58. The topological polar surface area (TPSA) is 21.7 Å². The molecule has 0 amide bonds. The summed E-state index contributed by atoms with van der Waals surface area (Å²) in [5.74, 6) is 2.53. The van der Waals surface area contributed by atoms with Gasteiger partial charge in [-0.15, -0.1) is 0 Å². The van der Waals surface area contributed by atoms with Crippen LogP contribution in [0.25, 0.3) is 0 Å². The van der Waals surface area contributed by atoms with Crippen LogP contribution in [-0.4, -0.2) is 44.9 Å². The fourth-order valence-electron chi connectivity index (χ4n) is 3.94. The highest BCUT2D eigenvalue weighted by atomic mass is 19.1. The van der Waals surface area contributed by atoms with Crippen molar-refractivity contribution in [3.8, 4) is 11.5 Å². The highest BCUT2D eigenvalue weighted by molar-refractivity contribution is 5.33. The second-order valence-electron chi connectivity index (χ2n) is 7.57. The number of hydrogen-bond donors (Lipinski definition) is 0. The molecule has 0 unspecified atom stereocenters. The van der Waals surface area contributed by atoms with Gasteiger partial charge in [0.15, 0.2) is 0 Å². The average Bonchev–Trinajstić information content (AvgIpc) is 2.76. The second-order valence-corrected chi connectivity index (χ2v) is 7.57. The number of para-hydroxylation sites is 1. The molecule has 3 nitrogen and oxygen atoms in total. The summed E-state index contributed by atoms with van der Waals surface area (Å²) in [6.07, 6.45) is 5.81. The molecule has 152 valence electrons. The summed E-state index contributed by atoms with van der Waals surface area (Å²) in [5, 5.41) is 0. The number of hydrogen-bond acceptors (Lipinski definition) is 3. The standard InChI is InChI=1S/C24H32FNO2/c1-27-23-10-7-20(8-11-23)12-16-26-17-13-21(14-18-26)6-9-22-4-2-3-5-24(22)28-19-15-25/h2-5,7-8,10-11,21H,6,9,12-19H2,1H3. The zero-order valence-electron chi connectivity index (χ0n) is 16.9. The molecule has 0 radical (unpaired) electrons. The van der Waals surface area contributed by atoms with Gasteiger partial charge in [-0.05, 0) is 80.4 Å². The van der Waals surface area contributed by atoms with E-state index in [4.69, 9.17) is 9.47 Å². The Morgan fingerprint density at radius 2 is 1.75 bits per heavy atom. The molecular formula is C24H32FNO2. The summed E-state index contributed by atoms with van der Waals surface area (Å²) >= 11 is 0. The molecule has 0 bridgehead atoms. The molecule has 4 heteroatoms. The molecule has 2 aromatic rings. The van der Waals surface area contributed by atoms with Gasteiger partial charge >= 0.3 is 0 Å². The van der Waals surface area contributed by atoms with Crippen molar-refractivity contribution in [1.29, 1.82) is 0 Å². The Bertz CT molecular complexity index is 696. The van der Waals surface area contributed by atoms with Gasteiger partial charge in [0.25, 0.3) is 0 Å². The van der Waals surface area contributed by atoms with Crippen LogP contribution < -0.4 is 9.47 Å². The number of halogens is 1. The lowest BCUT2D eigenvalue weighted by atomic mass is 9.90. The quantitative estimate of drug-likeness (QED) is 0.579. The largest absolute Gasteiger partial charge is 0.497 e. The molecule has 1 heterocycles. The molecule has 1 aliphatic heterocycles. The molecule has 28 heavy (non-hydrogen) atoms. The van der Waals surface area contributed by atoms with Gasteiger partial charge in [-0.25, -0.2) is 4.39 Å². The Morgan fingerprint density at radius 1 is 1.00 bits per heavy atom. The van der Waals surface area contributed by atoms with Crippen molar-refractivity contribution >= 4 is 0 Å². The zero-order valence-corrected chi connectivity index (χ0v) is 16.9.